The van der Waals surface area contributed by atoms with Crippen LogP contribution in [-0.4, -0.2) is 30.9 Å². The van der Waals surface area contributed by atoms with Gasteiger partial charge in [-0.3, -0.25) is 5.10 Å². The first-order valence-electron chi connectivity index (χ1n) is 6.34. The van der Waals surface area contributed by atoms with Crippen LogP contribution in [0.4, 0.5) is 5.82 Å². The van der Waals surface area contributed by atoms with Gasteiger partial charge in [-0.2, -0.15) is 5.10 Å². The van der Waals surface area contributed by atoms with Crippen LogP contribution in [0.25, 0.3) is 11.3 Å². The van der Waals surface area contributed by atoms with E-state index in [0.717, 1.165) is 46.7 Å². The van der Waals surface area contributed by atoms with Gasteiger partial charge in [0.1, 0.15) is 5.75 Å². The second kappa shape index (κ2) is 4.89. The molecule has 4 nitrogen and oxygen atoms in total. The van der Waals surface area contributed by atoms with E-state index in [4.69, 9.17) is 4.74 Å². The van der Waals surface area contributed by atoms with Crippen molar-refractivity contribution in [3.8, 4) is 17.0 Å². The molecule has 0 radical (unpaired) electrons. The number of halogens is 1. The molecule has 100 valence electrons. The van der Waals surface area contributed by atoms with Crippen LogP contribution in [0, 0.1) is 0 Å². The number of hydrogen-bond donors (Lipinski definition) is 1. The number of aromatic nitrogens is 2. The number of nitrogens with zero attached hydrogens (tertiary/aromatic N) is 2. The van der Waals surface area contributed by atoms with E-state index >= 15 is 0 Å². The quantitative estimate of drug-likeness (QED) is 0.923. The second-order valence-corrected chi connectivity index (χ2v) is 5.70. The molecule has 1 N–H and O–H groups in total. The van der Waals surface area contributed by atoms with Crippen molar-refractivity contribution in [3.63, 3.8) is 0 Å². The summed E-state index contributed by atoms with van der Waals surface area (Å²) in [5.74, 6) is 1.92. The van der Waals surface area contributed by atoms with Crippen molar-refractivity contribution in [2.45, 2.75) is 12.8 Å². The van der Waals surface area contributed by atoms with E-state index < -0.39 is 0 Å². The average Bonchev–Trinajstić information content (AvgIpc) is 2.80. The molecule has 2 aromatic rings. The number of hydrogen-bond acceptors (Lipinski definition) is 3. The third kappa shape index (κ3) is 2.23. The van der Waals surface area contributed by atoms with E-state index in [1.165, 1.54) is 5.56 Å². The van der Waals surface area contributed by atoms with E-state index in [-0.39, 0.29) is 0 Å². The number of nitrogens with one attached hydrogen (secondary N) is 1. The first kappa shape index (κ1) is 12.5. The summed E-state index contributed by atoms with van der Waals surface area (Å²) in [6.45, 7) is 0.824. The Hall–Kier alpha value is -1.49. The zero-order valence-corrected chi connectivity index (χ0v) is 12.6. The molecule has 0 unspecified atom stereocenters. The number of fused-ring (bicyclic) bond motifs is 1. The van der Waals surface area contributed by atoms with Crippen LogP contribution in [-0.2, 0) is 6.42 Å². The third-order valence-corrected chi connectivity index (χ3v) is 4.06. The lowest BCUT2D eigenvalue weighted by Crippen LogP contribution is -2.09. The molecule has 1 aromatic carbocycles. The number of H-pyrrole nitrogens is 1. The number of aryl methyl sites for hydroxylation is 1. The molecule has 19 heavy (non-hydrogen) atoms. The first-order chi connectivity index (χ1) is 9.16. The number of benzene rings is 1. The summed E-state index contributed by atoms with van der Waals surface area (Å²) in [6.07, 6.45) is 2.17. The van der Waals surface area contributed by atoms with Gasteiger partial charge in [0, 0.05) is 19.7 Å². The monoisotopic (exact) mass is 321 g/mol. The molecule has 5 heteroatoms. The van der Waals surface area contributed by atoms with E-state index in [0.29, 0.717) is 0 Å². The van der Waals surface area contributed by atoms with Crippen LogP contribution < -0.4 is 9.64 Å². The van der Waals surface area contributed by atoms with Gasteiger partial charge in [-0.1, -0.05) is 0 Å². The highest BCUT2D eigenvalue weighted by molar-refractivity contribution is 9.10. The summed E-state index contributed by atoms with van der Waals surface area (Å²) in [7, 11) is 3.96. The molecule has 1 aromatic heterocycles. The Bertz CT molecular complexity index is 607. The van der Waals surface area contributed by atoms with Crippen LogP contribution >= 0.6 is 15.9 Å². The second-order valence-electron chi connectivity index (χ2n) is 4.91. The lowest BCUT2D eigenvalue weighted by molar-refractivity contribution is 0.288. The fraction of sp³-hybridized carbons (Fsp3) is 0.357. The standard InChI is InChI=1S/C14H16BrN3O/c1-18(2)14-12(15)13(16-17-14)10-5-6-11-9(8-10)4-3-7-19-11/h5-6,8H,3-4,7H2,1-2H3,(H,16,17). The fourth-order valence-corrected chi connectivity index (χ4v) is 3.08. The van der Waals surface area contributed by atoms with Crippen LogP contribution in [0.3, 0.4) is 0 Å². The van der Waals surface area contributed by atoms with Gasteiger partial charge < -0.3 is 9.64 Å². The van der Waals surface area contributed by atoms with Crippen molar-refractivity contribution >= 4 is 21.7 Å². The van der Waals surface area contributed by atoms with Gasteiger partial charge in [-0.15, -0.1) is 0 Å². The molecule has 1 aliphatic heterocycles. The Morgan fingerprint density at radius 1 is 1.37 bits per heavy atom. The van der Waals surface area contributed by atoms with E-state index in [9.17, 15) is 0 Å². The molecule has 1 aliphatic rings. The zero-order valence-electron chi connectivity index (χ0n) is 11.0. The normalized spacial score (nSPS) is 13.8. The van der Waals surface area contributed by atoms with E-state index in [2.05, 4.69) is 38.3 Å². The van der Waals surface area contributed by atoms with Crippen molar-refractivity contribution in [2.75, 3.05) is 25.6 Å². The number of ether oxygens (including phenoxy) is 1. The summed E-state index contributed by atoms with van der Waals surface area (Å²) in [5.41, 5.74) is 3.42. The fourth-order valence-electron chi connectivity index (χ4n) is 2.32. The highest BCUT2D eigenvalue weighted by Crippen LogP contribution is 2.36. The molecular formula is C14H16BrN3O. The molecule has 0 fully saturated rings. The number of rotatable bonds is 2. The summed E-state index contributed by atoms with van der Waals surface area (Å²) >= 11 is 3.62. The minimum absolute atomic E-state index is 0.824. The molecule has 0 amide bonds. The predicted octanol–water partition coefficient (Wildman–Crippen LogP) is 3.23. The zero-order chi connectivity index (χ0) is 13.4. The Kier molecular flexibility index (Phi) is 3.22. The Morgan fingerprint density at radius 3 is 2.95 bits per heavy atom. The maximum absolute atomic E-state index is 5.64. The van der Waals surface area contributed by atoms with Gasteiger partial charge in [0.25, 0.3) is 0 Å². The SMILES string of the molecule is CN(C)c1n[nH]c(-c2ccc3c(c2)CCCO3)c1Br. The van der Waals surface area contributed by atoms with Gasteiger partial charge in [0.2, 0.25) is 0 Å². The van der Waals surface area contributed by atoms with Crippen molar-refractivity contribution in [2.24, 2.45) is 0 Å². The Labute approximate surface area is 120 Å². The molecule has 3 rings (SSSR count). The first-order valence-corrected chi connectivity index (χ1v) is 7.13. The highest BCUT2D eigenvalue weighted by atomic mass is 79.9. The summed E-state index contributed by atoms with van der Waals surface area (Å²) in [6, 6.07) is 6.31. The molecule has 0 atom stereocenters. The van der Waals surface area contributed by atoms with Gasteiger partial charge >= 0.3 is 0 Å². The largest absolute Gasteiger partial charge is 0.493 e. The van der Waals surface area contributed by atoms with E-state index in [1.54, 1.807) is 0 Å². The minimum Gasteiger partial charge on any atom is -0.493 e. The highest BCUT2D eigenvalue weighted by Gasteiger charge is 2.16. The summed E-state index contributed by atoms with van der Waals surface area (Å²) in [4.78, 5) is 1.98. The summed E-state index contributed by atoms with van der Waals surface area (Å²) in [5, 5.41) is 7.43. The van der Waals surface area contributed by atoms with Gasteiger partial charge in [0.15, 0.2) is 5.82 Å². The maximum atomic E-state index is 5.64. The lowest BCUT2D eigenvalue weighted by atomic mass is 10.0. The lowest BCUT2D eigenvalue weighted by Gasteiger charge is -2.17. The molecule has 0 aliphatic carbocycles. The van der Waals surface area contributed by atoms with Crippen molar-refractivity contribution < 1.29 is 4.74 Å². The summed E-state index contributed by atoms with van der Waals surface area (Å²) < 4.78 is 6.64. The average molecular weight is 322 g/mol. The molecule has 0 bridgehead atoms. The molecule has 0 saturated carbocycles. The minimum atomic E-state index is 0.824. The van der Waals surface area contributed by atoms with Crippen molar-refractivity contribution in [1.82, 2.24) is 10.2 Å². The molecule has 2 heterocycles. The van der Waals surface area contributed by atoms with Crippen molar-refractivity contribution in [1.29, 1.82) is 0 Å². The van der Waals surface area contributed by atoms with Gasteiger partial charge in [-0.05, 0) is 52.5 Å². The van der Waals surface area contributed by atoms with Gasteiger partial charge in [0.05, 0.1) is 16.8 Å². The van der Waals surface area contributed by atoms with Crippen LogP contribution in [0.5, 0.6) is 5.75 Å². The Morgan fingerprint density at radius 2 is 2.21 bits per heavy atom. The Balaban J connectivity index is 2.02. The molecule has 0 spiro atoms. The number of anilines is 1. The topological polar surface area (TPSA) is 41.2 Å². The molecule has 0 saturated heterocycles. The number of aromatic amines is 1. The van der Waals surface area contributed by atoms with Gasteiger partial charge in [-0.25, -0.2) is 0 Å². The van der Waals surface area contributed by atoms with Crippen LogP contribution in [0.2, 0.25) is 0 Å². The smallest absolute Gasteiger partial charge is 0.164 e. The van der Waals surface area contributed by atoms with Crippen LogP contribution in [0.15, 0.2) is 22.7 Å². The predicted molar refractivity (Wildman–Crippen MR) is 79.9 cm³/mol. The maximum Gasteiger partial charge on any atom is 0.164 e. The van der Waals surface area contributed by atoms with E-state index in [1.807, 2.05) is 25.1 Å². The van der Waals surface area contributed by atoms with Crippen LogP contribution in [0.1, 0.15) is 12.0 Å². The van der Waals surface area contributed by atoms with Crippen molar-refractivity contribution in [3.05, 3.63) is 28.2 Å². The molecular weight excluding hydrogens is 306 g/mol. The third-order valence-electron chi connectivity index (χ3n) is 3.31.